The van der Waals surface area contributed by atoms with Gasteiger partial charge in [0.25, 0.3) is 5.91 Å². The number of likely N-dealkylation sites (tertiary alicyclic amines) is 2. The number of nitrogens with zero attached hydrogens (tertiary/aromatic N) is 4. The minimum absolute atomic E-state index is 0.0101. The molecule has 0 spiro atoms. The molecule has 2 bridgehead atoms. The van der Waals surface area contributed by atoms with Crippen molar-refractivity contribution in [2.45, 2.75) is 77.0 Å². The first-order valence-corrected chi connectivity index (χ1v) is 11.3. The van der Waals surface area contributed by atoms with Gasteiger partial charge in [-0.25, -0.2) is 4.98 Å². The molecule has 6 nitrogen and oxygen atoms in total. The average Bonchev–Trinajstić information content (AvgIpc) is 3.06. The summed E-state index contributed by atoms with van der Waals surface area (Å²) in [6.07, 6.45) is 7.97. The third-order valence-electron chi connectivity index (χ3n) is 7.84. The summed E-state index contributed by atoms with van der Waals surface area (Å²) < 4.78 is 0. The third-order valence-corrected chi connectivity index (χ3v) is 7.84. The summed E-state index contributed by atoms with van der Waals surface area (Å²) >= 11 is 0. The SMILES string of the molecule is CC(=O)N1[C@H](Cc2ccccc2)[C@@H]2C[C@@]3(C)[C@H](CCC[C@@H]13)N2C(=O)c1cnc(C)cn1. The highest BCUT2D eigenvalue weighted by molar-refractivity contribution is 5.93. The average molecular weight is 419 g/mol. The number of benzene rings is 1. The number of hydrogen-bond acceptors (Lipinski definition) is 4. The Morgan fingerprint density at radius 3 is 2.42 bits per heavy atom. The van der Waals surface area contributed by atoms with Crippen molar-refractivity contribution in [2.24, 2.45) is 5.41 Å². The maximum absolute atomic E-state index is 13.7. The molecule has 3 aliphatic rings. The van der Waals surface area contributed by atoms with Crippen molar-refractivity contribution in [1.29, 1.82) is 0 Å². The summed E-state index contributed by atoms with van der Waals surface area (Å²) in [7, 11) is 0. The molecule has 3 fully saturated rings. The molecule has 0 N–H and O–H groups in total. The highest BCUT2D eigenvalue weighted by atomic mass is 16.2. The summed E-state index contributed by atoms with van der Waals surface area (Å²) in [4.78, 5) is 39.6. The number of aromatic nitrogens is 2. The second-order valence-corrected chi connectivity index (χ2v) is 9.68. The molecule has 2 saturated heterocycles. The lowest BCUT2D eigenvalue weighted by Gasteiger charge is -2.52. The minimum Gasteiger partial charge on any atom is -0.334 e. The first-order chi connectivity index (χ1) is 14.9. The van der Waals surface area contributed by atoms with Crippen molar-refractivity contribution in [3.63, 3.8) is 0 Å². The normalized spacial score (nSPS) is 31.6. The van der Waals surface area contributed by atoms with Crippen molar-refractivity contribution in [3.05, 3.63) is 59.7 Å². The van der Waals surface area contributed by atoms with E-state index in [0.29, 0.717) is 5.69 Å². The molecule has 31 heavy (non-hydrogen) atoms. The van der Waals surface area contributed by atoms with Crippen molar-refractivity contribution in [1.82, 2.24) is 19.8 Å². The van der Waals surface area contributed by atoms with E-state index >= 15 is 0 Å². The van der Waals surface area contributed by atoms with Crippen LogP contribution >= 0.6 is 0 Å². The van der Waals surface area contributed by atoms with Gasteiger partial charge in [-0.3, -0.25) is 14.6 Å². The molecule has 6 heteroatoms. The van der Waals surface area contributed by atoms with Gasteiger partial charge in [0.05, 0.1) is 24.0 Å². The summed E-state index contributed by atoms with van der Waals surface area (Å²) in [5.41, 5.74) is 2.32. The van der Waals surface area contributed by atoms with Crippen LogP contribution in [0.2, 0.25) is 0 Å². The molecule has 0 unspecified atom stereocenters. The van der Waals surface area contributed by atoms with E-state index < -0.39 is 0 Å². The summed E-state index contributed by atoms with van der Waals surface area (Å²) in [5.74, 6) is 0.0715. The van der Waals surface area contributed by atoms with E-state index in [0.717, 1.165) is 37.8 Å². The van der Waals surface area contributed by atoms with E-state index in [1.54, 1.807) is 19.3 Å². The van der Waals surface area contributed by atoms with E-state index in [-0.39, 0.29) is 41.4 Å². The molecule has 1 aliphatic carbocycles. The highest BCUT2D eigenvalue weighted by Gasteiger charge is 2.64. The number of rotatable bonds is 3. The van der Waals surface area contributed by atoms with Gasteiger partial charge in [-0.15, -0.1) is 0 Å². The number of aryl methyl sites for hydroxylation is 1. The van der Waals surface area contributed by atoms with Gasteiger partial charge in [0, 0.05) is 30.6 Å². The summed E-state index contributed by atoms with van der Waals surface area (Å²) in [6.45, 7) is 5.85. The van der Waals surface area contributed by atoms with Crippen molar-refractivity contribution >= 4 is 11.8 Å². The number of hydrogen-bond donors (Lipinski definition) is 0. The molecule has 1 saturated carbocycles. The molecule has 1 aromatic heterocycles. The molecule has 3 heterocycles. The topological polar surface area (TPSA) is 66.4 Å². The van der Waals surface area contributed by atoms with Gasteiger partial charge < -0.3 is 9.80 Å². The summed E-state index contributed by atoms with van der Waals surface area (Å²) in [5, 5.41) is 0. The highest BCUT2D eigenvalue weighted by Crippen LogP contribution is 2.56. The molecule has 1 aromatic carbocycles. The Morgan fingerprint density at radius 2 is 1.77 bits per heavy atom. The lowest BCUT2D eigenvalue weighted by atomic mass is 9.64. The van der Waals surface area contributed by atoms with Crippen LogP contribution in [0, 0.1) is 12.3 Å². The van der Waals surface area contributed by atoms with Crippen LogP contribution in [0.25, 0.3) is 0 Å². The van der Waals surface area contributed by atoms with Crippen molar-refractivity contribution < 1.29 is 9.59 Å². The van der Waals surface area contributed by atoms with Gasteiger partial charge in [0.2, 0.25) is 5.91 Å². The predicted octanol–water partition coefficient (Wildman–Crippen LogP) is 3.40. The Kier molecular flexibility index (Phi) is 4.83. The van der Waals surface area contributed by atoms with Gasteiger partial charge in [0.15, 0.2) is 0 Å². The maximum atomic E-state index is 13.7. The fourth-order valence-corrected chi connectivity index (χ4v) is 6.56. The molecular weight excluding hydrogens is 388 g/mol. The maximum Gasteiger partial charge on any atom is 0.274 e. The molecular formula is C25H30N4O2. The number of carbonyl (C=O) groups is 2. The predicted molar refractivity (Wildman–Crippen MR) is 117 cm³/mol. The standard InChI is InChI=1S/C25H30N4O2/c1-16-14-27-19(15-26-16)24(31)29-21-13-25(3)22(10-7-11-23(25)29)28(17(2)30)20(21)12-18-8-5-4-6-9-18/h4-6,8-9,14-15,20-23H,7,10-13H2,1-3H3/t20-,21+,22-,23+,25-/m1/s1. The smallest absolute Gasteiger partial charge is 0.274 e. The number of fused-ring (bicyclic) bond motifs is 1. The second-order valence-electron chi connectivity index (χ2n) is 9.68. The van der Waals surface area contributed by atoms with Crippen LogP contribution in [0.5, 0.6) is 0 Å². The Bertz CT molecular complexity index is 992. The van der Waals surface area contributed by atoms with Gasteiger partial charge in [0.1, 0.15) is 5.69 Å². The molecule has 2 aliphatic heterocycles. The monoisotopic (exact) mass is 418 g/mol. The van der Waals surface area contributed by atoms with Crippen molar-refractivity contribution in [3.8, 4) is 0 Å². The molecule has 0 radical (unpaired) electrons. The van der Waals surface area contributed by atoms with E-state index in [1.807, 2.05) is 25.1 Å². The van der Waals surface area contributed by atoms with Crippen LogP contribution < -0.4 is 0 Å². The third kappa shape index (κ3) is 3.15. The largest absolute Gasteiger partial charge is 0.334 e. The van der Waals surface area contributed by atoms with E-state index in [4.69, 9.17) is 0 Å². The fourth-order valence-electron chi connectivity index (χ4n) is 6.56. The number of carbonyl (C=O) groups excluding carboxylic acids is 2. The van der Waals surface area contributed by atoms with E-state index in [9.17, 15) is 9.59 Å². The molecule has 2 amide bonds. The molecule has 5 rings (SSSR count). The Labute approximate surface area is 183 Å². The minimum atomic E-state index is -0.0738. The van der Waals surface area contributed by atoms with Gasteiger partial charge in [-0.1, -0.05) is 37.3 Å². The quantitative estimate of drug-likeness (QED) is 0.766. The van der Waals surface area contributed by atoms with Crippen LogP contribution in [0.3, 0.4) is 0 Å². The van der Waals surface area contributed by atoms with Gasteiger partial charge in [-0.2, -0.15) is 0 Å². The molecule has 162 valence electrons. The lowest BCUT2D eigenvalue weighted by molar-refractivity contribution is -0.142. The Balaban J connectivity index is 1.58. The van der Waals surface area contributed by atoms with Gasteiger partial charge >= 0.3 is 0 Å². The Hall–Kier alpha value is -2.76. The molecule has 2 aromatic rings. The first kappa shape index (κ1) is 20.2. The van der Waals surface area contributed by atoms with Crippen LogP contribution in [-0.2, 0) is 11.2 Å². The Morgan fingerprint density at radius 1 is 1.06 bits per heavy atom. The zero-order valence-electron chi connectivity index (χ0n) is 18.5. The number of amides is 2. The van der Waals surface area contributed by atoms with Crippen LogP contribution in [0.1, 0.15) is 61.3 Å². The lowest BCUT2D eigenvalue weighted by Crippen LogP contribution is -2.62. The van der Waals surface area contributed by atoms with Crippen LogP contribution in [0.15, 0.2) is 42.7 Å². The van der Waals surface area contributed by atoms with Crippen LogP contribution in [-0.4, -0.2) is 55.7 Å². The first-order valence-electron chi connectivity index (χ1n) is 11.3. The zero-order chi connectivity index (χ0) is 21.8. The van der Waals surface area contributed by atoms with E-state index in [1.165, 1.54) is 5.56 Å². The summed E-state index contributed by atoms with van der Waals surface area (Å²) in [6, 6.07) is 10.6. The van der Waals surface area contributed by atoms with Gasteiger partial charge in [-0.05, 0) is 44.6 Å². The zero-order valence-corrected chi connectivity index (χ0v) is 18.5. The molecule has 5 atom stereocenters. The fraction of sp³-hybridized carbons (Fsp3) is 0.520. The second kappa shape index (κ2) is 7.43. The van der Waals surface area contributed by atoms with E-state index in [2.05, 4.69) is 38.8 Å². The van der Waals surface area contributed by atoms with Crippen molar-refractivity contribution in [2.75, 3.05) is 0 Å². The van der Waals surface area contributed by atoms with Crippen LogP contribution in [0.4, 0.5) is 0 Å². The number of piperidine rings is 1.